The Bertz CT molecular complexity index is 322. The van der Waals surface area contributed by atoms with Crippen molar-refractivity contribution in [1.82, 2.24) is 9.80 Å². The Hall–Kier alpha value is -1.06. The van der Waals surface area contributed by atoms with Gasteiger partial charge >= 0.3 is 0 Å². The zero-order chi connectivity index (χ0) is 15.1. The second-order valence-corrected chi connectivity index (χ2v) is 6.25. The van der Waals surface area contributed by atoms with Crippen molar-refractivity contribution in [2.24, 2.45) is 11.8 Å². The Morgan fingerprint density at radius 2 is 1.90 bits per heavy atom. The fraction of sp³-hybridized carbons (Fsp3) is 0.875. The number of carbonyl (C=O) groups is 2. The number of hydrogen-bond acceptors (Lipinski definition) is 2. The van der Waals surface area contributed by atoms with Crippen molar-refractivity contribution in [1.29, 1.82) is 0 Å². The molecule has 1 aliphatic rings. The maximum Gasteiger partial charge on any atom is 0.227 e. The zero-order valence-corrected chi connectivity index (χ0v) is 13.5. The molecule has 0 aliphatic carbocycles. The van der Waals surface area contributed by atoms with Crippen molar-refractivity contribution in [2.45, 2.75) is 53.4 Å². The fourth-order valence-corrected chi connectivity index (χ4v) is 2.70. The first-order valence-corrected chi connectivity index (χ1v) is 8.06. The van der Waals surface area contributed by atoms with E-state index in [0.29, 0.717) is 18.9 Å². The van der Waals surface area contributed by atoms with Gasteiger partial charge in [0.2, 0.25) is 11.8 Å². The lowest BCUT2D eigenvalue weighted by molar-refractivity contribution is -0.136. The highest BCUT2D eigenvalue weighted by atomic mass is 16.2. The van der Waals surface area contributed by atoms with Gasteiger partial charge in [-0.05, 0) is 25.2 Å². The van der Waals surface area contributed by atoms with Crippen molar-refractivity contribution < 1.29 is 9.59 Å². The summed E-state index contributed by atoms with van der Waals surface area (Å²) in [5.41, 5.74) is 0. The van der Waals surface area contributed by atoms with Gasteiger partial charge in [-0.3, -0.25) is 9.59 Å². The lowest BCUT2D eigenvalue weighted by Gasteiger charge is -2.25. The summed E-state index contributed by atoms with van der Waals surface area (Å²) >= 11 is 0. The van der Waals surface area contributed by atoms with E-state index in [-0.39, 0.29) is 17.7 Å². The topological polar surface area (TPSA) is 40.6 Å². The van der Waals surface area contributed by atoms with E-state index in [1.54, 1.807) is 0 Å². The molecule has 0 radical (unpaired) electrons. The quantitative estimate of drug-likeness (QED) is 0.686. The van der Waals surface area contributed by atoms with Crippen molar-refractivity contribution in [3.8, 4) is 0 Å². The number of rotatable bonds is 8. The minimum absolute atomic E-state index is 0.118. The number of carbonyl (C=O) groups excluding carboxylic acids is 2. The summed E-state index contributed by atoms with van der Waals surface area (Å²) in [6.07, 6.45) is 3.37. The summed E-state index contributed by atoms with van der Waals surface area (Å²) in [6.45, 7) is 11.5. The van der Waals surface area contributed by atoms with Crippen molar-refractivity contribution in [2.75, 3.05) is 26.2 Å². The molecule has 1 unspecified atom stereocenters. The molecule has 116 valence electrons. The normalized spacial score (nSPS) is 18.9. The monoisotopic (exact) mass is 282 g/mol. The van der Waals surface area contributed by atoms with Crippen LogP contribution in [0.5, 0.6) is 0 Å². The predicted octanol–water partition coefficient (Wildman–Crippen LogP) is 2.53. The van der Waals surface area contributed by atoms with Gasteiger partial charge in [0.15, 0.2) is 0 Å². The third kappa shape index (κ3) is 4.80. The maximum atomic E-state index is 12.5. The third-order valence-electron chi connectivity index (χ3n) is 3.84. The standard InChI is InChI=1S/C16H30N2O2/c1-5-8-17(9-6-2)16(20)14-11-15(19)18(12-14)10-7-13(3)4/h13-14H,5-12H2,1-4H3. The van der Waals surface area contributed by atoms with Crippen LogP contribution in [0.2, 0.25) is 0 Å². The second-order valence-electron chi connectivity index (χ2n) is 6.25. The van der Waals surface area contributed by atoms with Crippen LogP contribution in [0.4, 0.5) is 0 Å². The summed E-state index contributed by atoms with van der Waals surface area (Å²) in [6, 6.07) is 0. The molecule has 20 heavy (non-hydrogen) atoms. The van der Waals surface area contributed by atoms with E-state index in [4.69, 9.17) is 0 Å². The van der Waals surface area contributed by atoms with Gasteiger partial charge in [-0.1, -0.05) is 27.7 Å². The van der Waals surface area contributed by atoms with Gasteiger partial charge in [0, 0.05) is 32.6 Å². The summed E-state index contributed by atoms with van der Waals surface area (Å²) in [5.74, 6) is 0.799. The molecule has 4 heteroatoms. The molecule has 0 aromatic carbocycles. The predicted molar refractivity (Wildman–Crippen MR) is 81.3 cm³/mol. The summed E-state index contributed by atoms with van der Waals surface area (Å²) in [7, 11) is 0. The van der Waals surface area contributed by atoms with Gasteiger partial charge in [0.25, 0.3) is 0 Å². The minimum atomic E-state index is -0.118. The molecule has 1 heterocycles. The molecule has 1 saturated heterocycles. The van der Waals surface area contributed by atoms with Crippen LogP contribution >= 0.6 is 0 Å². The van der Waals surface area contributed by atoms with Crippen molar-refractivity contribution in [3.05, 3.63) is 0 Å². The van der Waals surface area contributed by atoms with Gasteiger partial charge in [-0.15, -0.1) is 0 Å². The molecule has 0 N–H and O–H groups in total. The van der Waals surface area contributed by atoms with E-state index in [1.807, 2.05) is 9.80 Å². The van der Waals surface area contributed by atoms with Crippen LogP contribution in [0.3, 0.4) is 0 Å². The van der Waals surface area contributed by atoms with E-state index < -0.39 is 0 Å². The Kier molecular flexibility index (Phi) is 7.03. The van der Waals surface area contributed by atoms with Gasteiger partial charge in [-0.2, -0.15) is 0 Å². The van der Waals surface area contributed by atoms with Gasteiger partial charge < -0.3 is 9.80 Å². The average molecular weight is 282 g/mol. The molecular weight excluding hydrogens is 252 g/mol. The third-order valence-corrected chi connectivity index (χ3v) is 3.84. The maximum absolute atomic E-state index is 12.5. The Balaban J connectivity index is 2.55. The molecule has 1 atom stereocenters. The highest BCUT2D eigenvalue weighted by molar-refractivity contribution is 5.89. The Labute approximate surface area is 123 Å². The van der Waals surface area contributed by atoms with Crippen molar-refractivity contribution >= 4 is 11.8 Å². The lowest BCUT2D eigenvalue weighted by atomic mass is 10.1. The first-order chi connectivity index (χ1) is 9.49. The second kappa shape index (κ2) is 8.28. The van der Waals surface area contributed by atoms with Crippen LogP contribution in [0.1, 0.15) is 53.4 Å². The Morgan fingerprint density at radius 3 is 2.40 bits per heavy atom. The number of nitrogens with zero attached hydrogens (tertiary/aromatic N) is 2. The molecule has 0 aromatic heterocycles. The van der Waals surface area contributed by atoms with E-state index in [2.05, 4.69) is 27.7 Å². The summed E-state index contributed by atoms with van der Waals surface area (Å²) < 4.78 is 0. The average Bonchev–Trinajstić information content (AvgIpc) is 2.76. The van der Waals surface area contributed by atoms with Crippen LogP contribution in [0.15, 0.2) is 0 Å². The smallest absolute Gasteiger partial charge is 0.227 e. The molecule has 0 saturated carbocycles. The number of amides is 2. The van der Waals surface area contributed by atoms with Gasteiger partial charge in [0.05, 0.1) is 5.92 Å². The van der Waals surface area contributed by atoms with E-state index in [9.17, 15) is 9.59 Å². The van der Waals surface area contributed by atoms with E-state index >= 15 is 0 Å². The lowest BCUT2D eigenvalue weighted by Crippen LogP contribution is -2.38. The van der Waals surface area contributed by atoms with Crippen LogP contribution in [-0.4, -0.2) is 47.8 Å². The molecule has 0 spiro atoms. The summed E-state index contributed by atoms with van der Waals surface area (Å²) in [5, 5.41) is 0. The van der Waals surface area contributed by atoms with E-state index in [0.717, 1.165) is 38.9 Å². The molecule has 1 rings (SSSR count). The zero-order valence-electron chi connectivity index (χ0n) is 13.5. The van der Waals surface area contributed by atoms with E-state index in [1.165, 1.54) is 0 Å². The number of hydrogen-bond donors (Lipinski definition) is 0. The van der Waals surface area contributed by atoms with Crippen LogP contribution < -0.4 is 0 Å². The first kappa shape index (κ1) is 17.0. The van der Waals surface area contributed by atoms with Crippen molar-refractivity contribution in [3.63, 3.8) is 0 Å². The molecule has 1 fully saturated rings. The molecule has 0 bridgehead atoms. The molecule has 0 aromatic rings. The molecule has 2 amide bonds. The highest BCUT2D eigenvalue weighted by Crippen LogP contribution is 2.21. The van der Waals surface area contributed by atoms with Crippen LogP contribution in [0.25, 0.3) is 0 Å². The SMILES string of the molecule is CCCN(CCC)C(=O)C1CC(=O)N(CCC(C)C)C1. The van der Waals surface area contributed by atoms with Crippen LogP contribution in [-0.2, 0) is 9.59 Å². The molecular formula is C16H30N2O2. The van der Waals surface area contributed by atoms with Gasteiger partial charge in [-0.25, -0.2) is 0 Å². The van der Waals surface area contributed by atoms with Gasteiger partial charge in [0.1, 0.15) is 0 Å². The fourth-order valence-electron chi connectivity index (χ4n) is 2.70. The molecule has 4 nitrogen and oxygen atoms in total. The first-order valence-electron chi connectivity index (χ1n) is 8.06. The minimum Gasteiger partial charge on any atom is -0.342 e. The molecule has 1 aliphatic heterocycles. The van der Waals surface area contributed by atoms with Crippen LogP contribution in [0, 0.1) is 11.8 Å². The summed E-state index contributed by atoms with van der Waals surface area (Å²) in [4.78, 5) is 28.3. The number of likely N-dealkylation sites (tertiary alicyclic amines) is 1. The largest absolute Gasteiger partial charge is 0.342 e. The Morgan fingerprint density at radius 1 is 1.30 bits per heavy atom. The highest BCUT2D eigenvalue weighted by Gasteiger charge is 2.35.